The lowest BCUT2D eigenvalue weighted by atomic mass is 10.0. The molecule has 4 nitrogen and oxygen atoms in total. The van der Waals surface area contributed by atoms with E-state index in [0.29, 0.717) is 25.2 Å². The quantitative estimate of drug-likeness (QED) is 0.0400. The number of esters is 2. The van der Waals surface area contributed by atoms with Crippen LogP contribution in [0.5, 0.6) is 0 Å². The largest absolute Gasteiger partial charge is 0.425 e. The summed E-state index contributed by atoms with van der Waals surface area (Å²) in [6, 6.07) is 0. The van der Waals surface area contributed by atoms with Crippen molar-refractivity contribution >= 4 is 11.9 Å². The molecule has 0 aromatic carbocycles. The molecule has 268 valence electrons. The molecule has 0 aliphatic carbocycles. The zero-order valence-electron chi connectivity index (χ0n) is 31.4. The standard InChI is InChI=1S/C41H80O4/c1-36(2)31-27-23-19-15-11-7-9-13-17-21-25-29-33-39(42)44-41(35-38(5)6)45-40(43)34-30-26-22-18-14-10-8-12-16-20-24-28-32-37(3)4/h36-38,41H,7-35H2,1-6H3. The van der Waals surface area contributed by atoms with E-state index < -0.39 is 6.29 Å². The van der Waals surface area contributed by atoms with Gasteiger partial charge in [0.15, 0.2) is 0 Å². The van der Waals surface area contributed by atoms with Crippen LogP contribution in [0.15, 0.2) is 0 Å². The fourth-order valence-electron chi connectivity index (χ4n) is 6.10. The van der Waals surface area contributed by atoms with Gasteiger partial charge in [-0.1, -0.05) is 196 Å². The van der Waals surface area contributed by atoms with E-state index in [-0.39, 0.29) is 11.9 Å². The Morgan fingerprint density at radius 1 is 0.356 bits per heavy atom. The van der Waals surface area contributed by atoms with Crippen LogP contribution >= 0.6 is 0 Å². The summed E-state index contributed by atoms with van der Waals surface area (Å²) in [7, 11) is 0. The fraction of sp³-hybridized carbons (Fsp3) is 0.951. The molecule has 0 radical (unpaired) electrons. The van der Waals surface area contributed by atoms with Crippen LogP contribution in [-0.2, 0) is 19.1 Å². The molecule has 0 saturated heterocycles. The van der Waals surface area contributed by atoms with Gasteiger partial charge in [-0.05, 0) is 30.6 Å². The van der Waals surface area contributed by atoms with Crippen molar-refractivity contribution in [3.63, 3.8) is 0 Å². The number of carbonyl (C=O) groups excluding carboxylic acids is 2. The second-order valence-electron chi connectivity index (χ2n) is 15.4. The lowest BCUT2D eigenvalue weighted by Gasteiger charge is -2.20. The summed E-state index contributed by atoms with van der Waals surface area (Å²) in [6.45, 7) is 13.4. The highest BCUT2D eigenvalue weighted by Gasteiger charge is 2.20. The number of rotatable bonds is 34. The molecule has 0 N–H and O–H groups in total. The van der Waals surface area contributed by atoms with E-state index in [9.17, 15) is 9.59 Å². The summed E-state index contributed by atoms with van der Waals surface area (Å²) in [4.78, 5) is 24.9. The lowest BCUT2D eigenvalue weighted by Crippen LogP contribution is -2.26. The molecule has 0 aromatic rings. The van der Waals surface area contributed by atoms with Gasteiger partial charge >= 0.3 is 11.9 Å². The predicted molar refractivity (Wildman–Crippen MR) is 194 cm³/mol. The van der Waals surface area contributed by atoms with Crippen LogP contribution in [0.25, 0.3) is 0 Å². The summed E-state index contributed by atoms with van der Waals surface area (Å²) in [5.41, 5.74) is 0. The smallest absolute Gasteiger partial charge is 0.308 e. The van der Waals surface area contributed by atoms with Gasteiger partial charge < -0.3 is 9.47 Å². The Morgan fingerprint density at radius 2 is 0.600 bits per heavy atom. The first kappa shape index (κ1) is 43.9. The zero-order chi connectivity index (χ0) is 33.4. The Hall–Kier alpha value is -1.06. The molecule has 4 heteroatoms. The monoisotopic (exact) mass is 637 g/mol. The zero-order valence-corrected chi connectivity index (χ0v) is 31.4. The molecule has 0 aliphatic heterocycles. The maximum absolute atomic E-state index is 12.4. The van der Waals surface area contributed by atoms with E-state index in [1.165, 1.54) is 141 Å². The average molecular weight is 637 g/mol. The van der Waals surface area contributed by atoms with Crippen molar-refractivity contribution in [3.8, 4) is 0 Å². The summed E-state index contributed by atoms with van der Waals surface area (Å²) in [6.07, 6.45) is 34.2. The number of hydrogen-bond donors (Lipinski definition) is 0. The average Bonchev–Trinajstić information content (AvgIpc) is 2.96. The number of unbranched alkanes of at least 4 members (excludes halogenated alkanes) is 22. The van der Waals surface area contributed by atoms with Crippen LogP contribution in [-0.4, -0.2) is 18.2 Å². The Balaban J connectivity index is 3.73. The van der Waals surface area contributed by atoms with Crippen LogP contribution in [0, 0.1) is 17.8 Å². The number of carbonyl (C=O) groups is 2. The molecular formula is C41H80O4. The molecule has 0 spiro atoms. The van der Waals surface area contributed by atoms with Crippen molar-refractivity contribution in [3.05, 3.63) is 0 Å². The molecule has 0 bridgehead atoms. The molecule has 0 saturated carbocycles. The minimum atomic E-state index is -0.740. The summed E-state index contributed by atoms with van der Waals surface area (Å²) >= 11 is 0. The first-order valence-electron chi connectivity index (χ1n) is 20.1. The van der Waals surface area contributed by atoms with E-state index in [1.54, 1.807) is 0 Å². The lowest BCUT2D eigenvalue weighted by molar-refractivity contribution is -0.190. The number of hydrogen-bond acceptors (Lipinski definition) is 4. The molecule has 0 aromatic heterocycles. The van der Waals surface area contributed by atoms with E-state index in [0.717, 1.165) is 37.5 Å². The minimum Gasteiger partial charge on any atom is -0.425 e. The Kier molecular flexibility index (Phi) is 32.1. The molecule has 0 aliphatic rings. The topological polar surface area (TPSA) is 52.6 Å². The van der Waals surface area contributed by atoms with Crippen molar-refractivity contribution in [1.82, 2.24) is 0 Å². The van der Waals surface area contributed by atoms with Gasteiger partial charge in [-0.2, -0.15) is 0 Å². The Morgan fingerprint density at radius 3 is 0.844 bits per heavy atom. The molecule has 0 rings (SSSR count). The first-order valence-corrected chi connectivity index (χ1v) is 20.1. The third-order valence-corrected chi connectivity index (χ3v) is 9.01. The van der Waals surface area contributed by atoms with Gasteiger partial charge in [0.2, 0.25) is 6.29 Å². The van der Waals surface area contributed by atoms with Gasteiger partial charge in [-0.15, -0.1) is 0 Å². The predicted octanol–water partition coefficient (Wildman–Crippen LogP) is 13.7. The van der Waals surface area contributed by atoms with Crippen molar-refractivity contribution in [2.45, 2.75) is 234 Å². The second-order valence-corrected chi connectivity index (χ2v) is 15.4. The SMILES string of the molecule is CC(C)CCCCCCCCCCCCCCC(=O)OC(CC(C)C)OC(=O)CCCCCCCCCCCCCCC(C)C. The van der Waals surface area contributed by atoms with Gasteiger partial charge in [0, 0.05) is 19.3 Å². The Labute approximate surface area is 282 Å². The number of ether oxygens (including phenoxy) is 2. The van der Waals surface area contributed by atoms with Gasteiger partial charge in [0.25, 0.3) is 0 Å². The highest BCUT2D eigenvalue weighted by atomic mass is 16.7. The van der Waals surface area contributed by atoms with Crippen LogP contribution in [0.3, 0.4) is 0 Å². The van der Waals surface area contributed by atoms with Crippen LogP contribution in [0.2, 0.25) is 0 Å². The normalized spacial score (nSPS) is 11.8. The highest BCUT2D eigenvalue weighted by molar-refractivity contribution is 5.71. The second kappa shape index (κ2) is 32.9. The minimum absolute atomic E-state index is 0.229. The molecule has 0 fully saturated rings. The molecule has 0 heterocycles. The molecule has 0 amide bonds. The van der Waals surface area contributed by atoms with Gasteiger partial charge in [-0.25, -0.2) is 0 Å². The van der Waals surface area contributed by atoms with E-state index in [4.69, 9.17) is 9.47 Å². The fourth-order valence-corrected chi connectivity index (χ4v) is 6.10. The maximum atomic E-state index is 12.4. The van der Waals surface area contributed by atoms with Crippen molar-refractivity contribution < 1.29 is 19.1 Å². The first-order chi connectivity index (χ1) is 21.7. The third-order valence-electron chi connectivity index (χ3n) is 9.01. The van der Waals surface area contributed by atoms with Crippen LogP contribution in [0.1, 0.15) is 228 Å². The summed E-state index contributed by atoms with van der Waals surface area (Å²) < 4.78 is 11.2. The van der Waals surface area contributed by atoms with Crippen LogP contribution < -0.4 is 0 Å². The van der Waals surface area contributed by atoms with E-state index in [2.05, 4.69) is 41.5 Å². The van der Waals surface area contributed by atoms with Gasteiger partial charge in [0.05, 0.1) is 0 Å². The maximum Gasteiger partial charge on any atom is 0.308 e. The molecule has 0 unspecified atom stereocenters. The van der Waals surface area contributed by atoms with Crippen molar-refractivity contribution in [2.24, 2.45) is 17.8 Å². The molecular weight excluding hydrogens is 556 g/mol. The summed E-state index contributed by atoms with van der Waals surface area (Å²) in [5, 5.41) is 0. The van der Waals surface area contributed by atoms with E-state index in [1.807, 2.05) is 0 Å². The van der Waals surface area contributed by atoms with Gasteiger partial charge in [0.1, 0.15) is 0 Å². The van der Waals surface area contributed by atoms with Crippen molar-refractivity contribution in [1.29, 1.82) is 0 Å². The molecule has 0 atom stereocenters. The molecule has 45 heavy (non-hydrogen) atoms. The van der Waals surface area contributed by atoms with Gasteiger partial charge in [-0.3, -0.25) is 9.59 Å². The third kappa shape index (κ3) is 35.6. The van der Waals surface area contributed by atoms with Crippen LogP contribution in [0.4, 0.5) is 0 Å². The highest BCUT2D eigenvalue weighted by Crippen LogP contribution is 2.18. The van der Waals surface area contributed by atoms with Crippen molar-refractivity contribution in [2.75, 3.05) is 0 Å². The Bertz CT molecular complexity index is 591. The van der Waals surface area contributed by atoms with E-state index >= 15 is 0 Å². The summed E-state index contributed by atoms with van der Waals surface area (Å²) in [5.74, 6) is 1.53.